The molecule has 134 valence electrons. The molecule has 1 heterocycles. The van der Waals surface area contributed by atoms with E-state index in [2.05, 4.69) is 4.90 Å². The Kier molecular flexibility index (Phi) is 6.06. The van der Waals surface area contributed by atoms with Gasteiger partial charge in [0.1, 0.15) is 5.75 Å². The van der Waals surface area contributed by atoms with Gasteiger partial charge in [-0.1, -0.05) is 6.07 Å². The summed E-state index contributed by atoms with van der Waals surface area (Å²) in [6, 6.07) is 7.83. The number of piperazine rings is 1. The number of hydrogen-bond donors (Lipinski definition) is 0. The number of methoxy groups -OCH3 is 1. The summed E-state index contributed by atoms with van der Waals surface area (Å²) in [5.41, 5.74) is 1.07. The van der Waals surface area contributed by atoms with Crippen LogP contribution in [0.4, 0.5) is 5.69 Å². The van der Waals surface area contributed by atoms with Crippen LogP contribution in [0.5, 0.6) is 5.75 Å². The van der Waals surface area contributed by atoms with Gasteiger partial charge in [-0.3, -0.25) is 4.79 Å². The summed E-state index contributed by atoms with van der Waals surface area (Å²) in [4.78, 5) is 16.2. The minimum Gasteiger partial charge on any atom is -0.497 e. The number of benzene rings is 1. The molecule has 0 N–H and O–H groups in total. The van der Waals surface area contributed by atoms with Gasteiger partial charge in [-0.25, -0.2) is 12.7 Å². The maximum absolute atomic E-state index is 12.2. The lowest BCUT2D eigenvalue weighted by Crippen LogP contribution is -2.49. The van der Waals surface area contributed by atoms with E-state index in [1.807, 2.05) is 24.3 Å². The lowest BCUT2D eigenvalue weighted by molar-refractivity contribution is -0.131. The summed E-state index contributed by atoms with van der Waals surface area (Å²) in [5.74, 6) is 0.556. The van der Waals surface area contributed by atoms with E-state index in [-0.39, 0.29) is 18.1 Å². The Morgan fingerprint density at radius 1 is 1.21 bits per heavy atom. The lowest BCUT2D eigenvalue weighted by atomic mass is 10.2. The van der Waals surface area contributed by atoms with Crippen molar-refractivity contribution in [1.82, 2.24) is 9.21 Å². The number of carbonyl (C=O) groups excluding carboxylic acids is 1. The van der Waals surface area contributed by atoms with E-state index >= 15 is 0 Å². The van der Waals surface area contributed by atoms with Crippen LogP contribution in [0.25, 0.3) is 0 Å². The second kappa shape index (κ2) is 7.85. The average molecular weight is 355 g/mol. The minimum atomic E-state index is -3.33. The molecule has 1 aliphatic heterocycles. The van der Waals surface area contributed by atoms with Crippen LogP contribution in [0.1, 0.15) is 6.42 Å². The van der Waals surface area contributed by atoms with Crippen LogP contribution in [-0.4, -0.2) is 76.7 Å². The zero-order chi connectivity index (χ0) is 17.7. The number of amides is 1. The van der Waals surface area contributed by atoms with E-state index in [1.54, 1.807) is 12.0 Å². The van der Waals surface area contributed by atoms with Crippen LogP contribution in [0, 0.1) is 0 Å². The molecule has 0 radical (unpaired) electrons. The summed E-state index contributed by atoms with van der Waals surface area (Å²) in [6.45, 7) is 2.63. The third kappa shape index (κ3) is 4.61. The van der Waals surface area contributed by atoms with Gasteiger partial charge in [-0.15, -0.1) is 0 Å². The van der Waals surface area contributed by atoms with Crippen molar-refractivity contribution >= 4 is 21.6 Å². The van der Waals surface area contributed by atoms with E-state index < -0.39 is 10.0 Å². The van der Waals surface area contributed by atoms with Gasteiger partial charge >= 0.3 is 0 Å². The predicted octanol–water partition coefficient (Wildman–Crippen LogP) is 0.625. The van der Waals surface area contributed by atoms with Crippen LogP contribution >= 0.6 is 0 Å². The highest BCUT2D eigenvalue weighted by atomic mass is 32.2. The lowest BCUT2D eigenvalue weighted by Gasteiger charge is -2.36. The summed E-state index contributed by atoms with van der Waals surface area (Å²) >= 11 is 0. The SMILES string of the molecule is COc1cccc(N2CCN(C(=O)CCS(=O)(=O)N(C)C)CC2)c1. The maximum atomic E-state index is 12.2. The highest BCUT2D eigenvalue weighted by Crippen LogP contribution is 2.22. The Bertz CT molecular complexity index is 668. The first-order valence-electron chi connectivity index (χ1n) is 7.90. The Morgan fingerprint density at radius 2 is 1.88 bits per heavy atom. The second-order valence-corrected chi connectivity index (χ2v) is 8.22. The largest absolute Gasteiger partial charge is 0.497 e. The molecule has 0 atom stereocenters. The number of ether oxygens (including phenoxy) is 1. The monoisotopic (exact) mass is 355 g/mol. The zero-order valence-corrected chi connectivity index (χ0v) is 15.3. The summed E-state index contributed by atoms with van der Waals surface area (Å²) < 4.78 is 29.9. The summed E-state index contributed by atoms with van der Waals surface area (Å²) in [5, 5.41) is 0. The number of sulfonamides is 1. The second-order valence-electron chi connectivity index (χ2n) is 5.92. The van der Waals surface area contributed by atoms with Crippen molar-refractivity contribution < 1.29 is 17.9 Å². The Morgan fingerprint density at radius 3 is 2.46 bits per heavy atom. The van der Waals surface area contributed by atoms with Gasteiger partial charge in [0.2, 0.25) is 15.9 Å². The van der Waals surface area contributed by atoms with Crippen molar-refractivity contribution in [1.29, 1.82) is 0 Å². The smallest absolute Gasteiger partial charge is 0.223 e. The third-order valence-corrected chi connectivity index (χ3v) is 6.01. The van der Waals surface area contributed by atoms with Crippen LogP contribution in [0.15, 0.2) is 24.3 Å². The van der Waals surface area contributed by atoms with Gasteiger partial charge < -0.3 is 14.5 Å². The van der Waals surface area contributed by atoms with Crippen molar-refractivity contribution in [3.05, 3.63) is 24.3 Å². The van der Waals surface area contributed by atoms with Gasteiger partial charge in [-0.05, 0) is 12.1 Å². The van der Waals surface area contributed by atoms with Crippen molar-refractivity contribution in [3.8, 4) is 5.75 Å². The van der Waals surface area contributed by atoms with Gasteiger partial charge in [0.05, 0.1) is 12.9 Å². The molecular weight excluding hydrogens is 330 g/mol. The minimum absolute atomic E-state index is 0.0275. The van der Waals surface area contributed by atoms with Gasteiger partial charge in [0.15, 0.2) is 0 Å². The molecule has 1 aromatic rings. The van der Waals surface area contributed by atoms with E-state index in [1.165, 1.54) is 14.1 Å². The van der Waals surface area contributed by atoms with Crippen LogP contribution in [0.2, 0.25) is 0 Å². The van der Waals surface area contributed by atoms with E-state index in [0.29, 0.717) is 13.1 Å². The molecule has 0 saturated carbocycles. The van der Waals surface area contributed by atoms with Crippen LogP contribution < -0.4 is 9.64 Å². The number of nitrogens with zero attached hydrogens (tertiary/aromatic N) is 3. The summed E-state index contributed by atoms with van der Waals surface area (Å²) in [7, 11) is 1.26. The van der Waals surface area contributed by atoms with Crippen molar-refractivity contribution in [3.63, 3.8) is 0 Å². The zero-order valence-electron chi connectivity index (χ0n) is 14.4. The predicted molar refractivity (Wildman–Crippen MR) is 93.9 cm³/mol. The summed E-state index contributed by atoms with van der Waals surface area (Å²) in [6.07, 6.45) is 0.0275. The topological polar surface area (TPSA) is 70.2 Å². The fraction of sp³-hybridized carbons (Fsp3) is 0.562. The number of hydrogen-bond acceptors (Lipinski definition) is 5. The molecule has 24 heavy (non-hydrogen) atoms. The molecule has 8 heteroatoms. The van der Waals surface area contributed by atoms with Crippen molar-refractivity contribution in [2.75, 3.05) is 58.0 Å². The molecule has 0 spiro atoms. The molecule has 0 bridgehead atoms. The maximum Gasteiger partial charge on any atom is 0.223 e. The Hall–Kier alpha value is -1.80. The molecule has 1 amide bonds. The molecule has 2 rings (SSSR count). The number of carbonyl (C=O) groups is 1. The van der Waals surface area contributed by atoms with Crippen molar-refractivity contribution in [2.24, 2.45) is 0 Å². The molecule has 1 aromatic carbocycles. The molecule has 1 aliphatic rings. The molecule has 7 nitrogen and oxygen atoms in total. The third-order valence-electron chi connectivity index (χ3n) is 4.18. The first kappa shape index (κ1) is 18.5. The molecule has 1 fully saturated rings. The molecule has 0 aromatic heterocycles. The molecule has 1 saturated heterocycles. The normalized spacial score (nSPS) is 15.7. The van der Waals surface area contributed by atoms with E-state index in [9.17, 15) is 13.2 Å². The van der Waals surface area contributed by atoms with Crippen LogP contribution in [0.3, 0.4) is 0 Å². The van der Waals surface area contributed by atoms with Gasteiger partial charge in [0.25, 0.3) is 0 Å². The first-order valence-corrected chi connectivity index (χ1v) is 9.51. The van der Waals surface area contributed by atoms with Crippen LogP contribution in [-0.2, 0) is 14.8 Å². The highest BCUT2D eigenvalue weighted by molar-refractivity contribution is 7.89. The van der Waals surface area contributed by atoms with E-state index in [0.717, 1.165) is 28.8 Å². The van der Waals surface area contributed by atoms with Gasteiger partial charge in [-0.2, -0.15) is 0 Å². The first-order chi connectivity index (χ1) is 11.3. The van der Waals surface area contributed by atoms with Gasteiger partial charge in [0, 0.05) is 58.4 Å². The fourth-order valence-electron chi connectivity index (χ4n) is 2.58. The Balaban J connectivity index is 1.87. The Labute approximate surface area is 143 Å². The molecule has 0 aliphatic carbocycles. The highest BCUT2D eigenvalue weighted by Gasteiger charge is 2.23. The molecular formula is C16H25N3O4S. The standard InChI is InChI=1S/C16H25N3O4S/c1-17(2)24(21,22)12-7-16(20)19-10-8-18(9-11-19)14-5-4-6-15(13-14)23-3/h4-6,13H,7-12H2,1-3H3. The quantitative estimate of drug-likeness (QED) is 0.748. The fourth-order valence-corrected chi connectivity index (χ4v) is 3.38. The number of rotatable bonds is 6. The van der Waals surface area contributed by atoms with E-state index in [4.69, 9.17) is 4.74 Å². The number of anilines is 1. The molecule has 0 unspecified atom stereocenters. The van der Waals surface area contributed by atoms with Crippen molar-refractivity contribution in [2.45, 2.75) is 6.42 Å². The average Bonchev–Trinajstić information content (AvgIpc) is 2.59.